The molecule has 1 aliphatic heterocycles. The topological polar surface area (TPSA) is 48.3 Å². The van der Waals surface area contributed by atoms with Crippen LogP contribution in [0, 0.1) is 11.3 Å². The third kappa shape index (κ3) is 4.93. The van der Waals surface area contributed by atoms with Gasteiger partial charge in [0.05, 0.1) is 12.2 Å². The smallest absolute Gasteiger partial charge is 0.116 e. The lowest BCUT2D eigenvalue weighted by Crippen LogP contribution is -2.52. The van der Waals surface area contributed by atoms with Crippen LogP contribution in [0.15, 0.2) is 0 Å². The van der Waals surface area contributed by atoms with Crippen LogP contribution in [0.25, 0.3) is 0 Å². The Hall–Kier alpha value is -0.630. The molecule has 4 heteroatoms. The second-order valence-corrected chi connectivity index (χ2v) is 5.30. The summed E-state index contributed by atoms with van der Waals surface area (Å²) >= 11 is 0. The number of nitrogens with zero attached hydrogens (tertiary/aromatic N) is 2. The van der Waals surface area contributed by atoms with Crippen molar-refractivity contribution in [1.82, 2.24) is 10.2 Å². The number of nitrogens with one attached hydrogen (secondary N) is 1. The van der Waals surface area contributed by atoms with Gasteiger partial charge in [-0.25, -0.2) is 0 Å². The Kier molecular flexibility index (Phi) is 6.62. The maximum absolute atomic E-state index is 9.31. The molecule has 1 N–H and O–H groups in total. The van der Waals surface area contributed by atoms with Gasteiger partial charge >= 0.3 is 0 Å². The second-order valence-electron chi connectivity index (χ2n) is 5.30. The molecule has 1 fully saturated rings. The van der Waals surface area contributed by atoms with Crippen molar-refractivity contribution in [3.8, 4) is 6.07 Å². The lowest BCUT2D eigenvalue weighted by atomic mass is 10.0. The third-order valence-corrected chi connectivity index (χ3v) is 3.49. The normalized spacial score (nSPS) is 21.4. The van der Waals surface area contributed by atoms with Crippen molar-refractivity contribution in [2.45, 2.75) is 51.7 Å². The predicted molar refractivity (Wildman–Crippen MR) is 73.4 cm³/mol. The summed E-state index contributed by atoms with van der Waals surface area (Å²) in [5.74, 6) is 0. The first-order valence-corrected chi connectivity index (χ1v) is 7.13. The molecule has 104 valence electrons. The van der Waals surface area contributed by atoms with Gasteiger partial charge in [-0.15, -0.1) is 0 Å². The van der Waals surface area contributed by atoms with Gasteiger partial charge in [0.1, 0.15) is 5.54 Å². The average molecular weight is 253 g/mol. The first-order valence-electron chi connectivity index (χ1n) is 7.13. The molecule has 18 heavy (non-hydrogen) atoms. The van der Waals surface area contributed by atoms with E-state index in [0.717, 1.165) is 52.0 Å². The first-order chi connectivity index (χ1) is 8.63. The molecular formula is C14H27N3O. The zero-order chi connectivity index (χ0) is 13.4. The molecule has 1 aliphatic rings. The van der Waals surface area contributed by atoms with Crippen LogP contribution in [0.1, 0.15) is 40.0 Å². The minimum atomic E-state index is -0.422. The Labute approximate surface area is 111 Å². The van der Waals surface area contributed by atoms with E-state index in [0.29, 0.717) is 6.10 Å². The highest BCUT2D eigenvalue weighted by atomic mass is 16.5. The largest absolute Gasteiger partial charge is 0.378 e. The van der Waals surface area contributed by atoms with Crippen molar-refractivity contribution < 1.29 is 4.74 Å². The summed E-state index contributed by atoms with van der Waals surface area (Å²) in [5, 5.41) is 12.7. The summed E-state index contributed by atoms with van der Waals surface area (Å²) in [6, 6.07) is 2.41. The van der Waals surface area contributed by atoms with Crippen molar-refractivity contribution in [2.75, 3.05) is 32.8 Å². The molecule has 1 atom stereocenters. The highest BCUT2D eigenvalue weighted by Gasteiger charge is 2.28. The molecule has 0 aromatic rings. The van der Waals surface area contributed by atoms with Gasteiger partial charge < -0.3 is 9.64 Å². The van der Waals surface area contributed by atoms with Gasteiger partial charge in [0.15, 0.2) is 0 Å². The molecule has 0 amide bonds. The van der Waals surface area contributed by atoms with E-state index in [-0.39, 0.29) is 0 Å². The standard InChI is InChI=1S/C14H27N3O/c1-4-8-16-14(3,11-15)12-17-9-6-13(7-10-17)18-5-2/h13,16H,4-10,12H2,1-3H3. The van der Waals surface area contributed by atoms with E-state index in [9.17, 15) is 5.26 Å². The molecule has 1 rings (SSSR count). The van der Waals surface area contributed by atoms with Gasteiger partial charge in [-0.05, 0) is 39.7 Å². The van der Waals surface area contributed by atoms with Gasteiger partial charge in [0.25, 0.3) is 0 Å². The Morgan fingerprint density at radius 2 is 2.06 bits per heavy atom. The van der Waals surface area contributed by atoms with Gasteiger partial charge in [-0.2, -0.15) is 5.26 Å². The van der Waals surface area contributed by atoms with Crippen LogP contribution in [0.4, 0.5) is 0 Å². The molecule has 1 heterocycles. The van der Waals surface area contributed by atoms with Crippen LogP contribution in [0.2, 0.25) is 0 Å². The quantitative estimate of drug-likeness (QED) is 0.751. The number of rotatable bonds is 7. The maximum atomic E-state index is 9.31. The van der Waals surface area contributed by atoms with Crippen LogP contribution < -0.4 is 5.32 Å². The number of nitriles is 1. The van der Waals surface area contributed by atoms with Crippen LogP contribution in [0.3, 0.4) is 0 Å². The van der Waals surface area contributed by atoms with Crippen LogP contribution in [0.5, 0.6) is 0 Å². The molecule has 0 aromatic heterocycles. The monoisotopic (exact) mass is 253 g/mol. The fourth-order valence-corrected chi connectivity index (χ4v) is 2.45. The fraction of sp³-hybridized carbons (Fsp3) is 0.929. The van der Waals surface area contributed by atoms with E-state index in [1.54, 1.807) is 0 Å². The van der Waals surface area contributed by atoms with Crippen LogP contribution in [-0.4, -0.2) is 49.3 Å². The third-order valence-electron chi connectivity index (χ3n) is 3.49. The summed E-state index contributed by atoms with van der Waals surface area (Å²) in [5.41, 5.74) is -0.422. The molecule has 0 radical (unpaired) electrons. The minimum absolute atomic E-state index is 0.420. The highest BCUT2D eigenvalue weighted by Crippen LogP contribution is 2.16. The summed E-state index contributed by atoms with van der Waals surface area (Å²) in [6.07, 6.45) is 3.65. The van der Waals surface area contributed by atoms with E-state index >= 15 is 0 Å². The van der Waals surface area contributed by atoms with E-state index in [4.69, 9.17) is 4.74 Å². The van der Waals surface area contributed by atoms with Crippen LogP contribution in [-0.2, 0) is 4.74 Å². The summed E-state index contributed by atoms with van der Waals surface area (Å²) < 4.78 is 5.65. The molecule has 0 aliphatic carbocycles. The molecular weight excluding hydrogens is 226 g/mol. The summed E-state index contributed by atoms with van der Waals surface area (Å²) in [6.45, 7) is 10.8. The van der Waals surface area contributed by atoms with Crippen LogP contribution >= 0.6 is 0 Å². The average Bonchev–Trinajstić information content (AvgIpc) is 2.39. The number of likely N-dealkylation sites (tertiary alicyclic amines) is 1. The lowest BCUT2D eigenvalue weighted by molar-refractivity contribution is 0.0108. The molecule has 0 aromatic carbocycles. The van der Waals surface area contributed by atoms with Crippen molar-refractivity contribution in [3.63, 3.8) is 0 Å². The molecule has 0 bridgehead atoms. The van der Waals surface area contributed by atoms with Gasteiger partial charge in [0.2, 0.25) is 0 Å². The summed E-state index contributed by atoms with van der Waals surface area (Å²) in [7, 11) is 0. The number of piperidine rings is 1. The Morgan fingerprint density at radius 3 is 2.56 bits per heavy atom. The molecule has 0 saturated carbocycles. The van der Waals surface area contributed by atoms with Gasteiger partial charge in [-0.3, -0.25) is 5.32 Å². The minimum Gasteiger partial charge on any atom is -0.378 e. The van der Waals surface area contributed by atoms with E-state index in [1.807, 2.05) is 13.8 Å². The van der Waals surface area contributed by atoms with E-state index in [2.05, 4.69) is 23.2 Å². The van der Waals surface area contributed by atoms with Gasteiger partial charge in [0, 0.05) is 26.2 Å². The zero-order valence-electron chi connectivity index (χ0n) is 12.0. The van der Waals surface area contributed by atoms with E-state index < -0.39 is 5.54 Å². The Balaban J connectivity index is 2.36. The molecule has 1 unspecified atom stereocenters. The second kappa shape index (κ2) is 7.73. The highest BCUT2D eigenvalue weighted by molar-refractivity contribution is 5.06. The lowest BCUT2D eigenvalue weighted by Gasteiger charge is -2.36. The fourth-order valence-electron chi connectivity index (χ4n) is 2.45. The Bertz CT molecular complexity index is 269. The van der Waals surface area contributed by atoms with Crippen molar-refractivity contribution in [2.24, 2.45) is 0 Å². The number of hydrogen-bond donors (Lipinski definition) is 1. The van der Waals surface area contributed by atoms with Crippen molar-refractivity contribution >= 4 is 0 Å². The summed E-state index contributed by atoms with van der Waals surface area (Å²) in [4.78, 5) is 2.38. The van der Waals surface area contributed by atoms with Gasteiger partial charge in [-0.1, -0.05) is 6.92 Å². The Morgan fingerprint density at radius 1 is 1.39 bits per heavy atom. The number of ether oxygens (including phenoxy) is 1. The first kappa shape index (κ1) is 15.4. The molecule has 1 saturated heterocycles. The molecule has 0 spiro atoms. The SMILES string of the molecule is CCCNC(C)(C#N)CN1CCC(OCC)CC1. The number of hydrogen-bond acceptors (Lipinski definition) is 4. The van der Waals surface area contributed by atoms with E-state index in [1.165, 1.54) is 0 Å². The maximum Gasteiger partial charge on any atom is 0.116 e. The predicted octanol–water partition coefficient (Wildman–Crippen LogP) is 1.77. The van der Waals surface area contributed by atoms with Crippen molar-refractivity contribution in [3.05, 3.63) is 0 Å². The zero-order valence-corrected chi connectivity index (χ0v) is 12.0. The van der Waals surface area contributed by atoms with Crippen molar-refractivity contribution in [1.29, 1.82) is 5.26 Å². The molecule has 4 nitrogen and oxygen atoms in total.